The van der Waals surface area contributed by atoms with Gasteiger partial charge in [-0.3, -0.25) is 20.4 Å². The second-order valence-corrected chi connectivity index (χ2v) is 10.7. The van der Waals surface area contributed by atoms with Crippen LogP contribution >= 0.6 is 34.5 Å². The van der Waals surface area contributed by atoms with E-state index in [0.29, 0.717) is 17.4 Å². The van der Waals surface area contributed by atoms with Crippen LogP contribution in [0.4, 0.5) is 0 Å². The minimum absolute atomic E-state index is 0.139. The molecule has 3 rings (SSSR count). The predicted molar refractivity (Wildman–Crippen MR) is 113 cm³/mol. The second-order valence-electron chi connectivity index (χ2n) is 6.49. The average Bonchev–Trinajstić information content (AvgIpc) is 2.90. The molecule has 2 heterocycles. The maximum absolute atomic E-state index is 12.8. The topological polar surface area (TPSA) is 95.6 Å². The van der Waals surface area contributed by atoms with Crippen LogP contribution in [0, 0.1) is 0 Å². The molecular weight excluding hydrogens is 457 g/mol. The molecule has 2 aromatic rings. The van der Waals surface area contributed by atoms with Gasteiger partial charge in [0, 0.05) is 18.7 Å². The molecule has 11 heteroatoms. The number of benzene rings is 1. The van der Waals surface area contributed by atoms with Gasteiger partial charge in [-0.05, 0) is 43.2 Å². The van der Waals surface area contributed by atoms with E-state index in [2.05, 4.69) is 10.9 Å². The van der Waals surface area contributed by atoms with E-state index in [9.17, 15) is 18.0 Å². The Balaban J connectivity index is 1.64. The number of nitrogens with one attached hydrogen (secondary N) is 2. The normalized spacial score (nSPS) is 15.5. The summed E-state index contributed by atoms with van der Waals surface area (Å²) in [6, 6.07) is 7.00. The highest BCUT2D eigenvalue weighted by atomic mass is 35.5. The van der Waals surface area contributed by atoms with Crippen LogP contribution in [-0.2, 0) is 10.0 Å². The molecule has 2 N–H and O–H groups in total. The molecule has 1 aliphatic rings. The van der Waals surface area contributed by atoms with Crippen LogP contribution in [-0.4, -0.2) is 37.6 Å². The Hall–Kier alpha value is -1.65. The molecule has 1 saturated heterocycles. The number of rotatable bonds is 4. The Morgan fingerprint density at radius 2 is 1.52 bits per heavy atom. The number of hydrogen-bond donors (Lipinski definition) is 2. The van der Waals surface area contributed by atoms with Gasteiger partial charge in [0.25, 0.3) is 11.8 Å². The van der Waals surface area contributed by atoms with Crippen LogP contribution in [0.25, 0.3) is 0 Å². The monoisotopic (exact) mass is 475 g/mol. The van der Waals surface area contributed by atoms with Crippen molar-refractivity contribution < 1.29 is 18.0 Å². The first kappa shape index (κ1) is 22.0. The van der Waals surface area contributed by atoms with Crippen molar-refractivity contribution in [2.45, 2.75) is 30.6 Å². The van der Waals surface area contributed by atoms with Crippen LogP contribution < -0.4 is 10.9 Å². The third kappa shape index (κ3) is 5.29. The Morgan fingerprint density at radius 1 is 0.931 bits per heavy atom. The third-order valence-electron chi connectivity index (χ3n) is 4.51. The van der Waals surface area contributed by atoms with Gasteiger partial charge in [-0.1, -0.05) is 36.0 Å². The van der Waals surface area contributed by atoms with Crippen LogP contribution in [0.1, 0.15) is 46.4 Å². The Kier molecular flexibility index (Phi) is 7.18. The molecule has 0 bridgehead atoms. The van der Waals surface area contributed by atoms with E-state index in [0.717, 1.165) is 37.0 Å². The molecule has 1 aliphatic heterocycles. The van der Waals surface area contributed by atoms with Gasteiger partial charge in [-0.2, -0.15) is 4.31 Å². The number of nitrogens with zero attached hydrogens (tertiary/aromatic N) is 1. The zero-order valence-electron chi connectivity index (χ0n) is 15.3. The van der Waals surface area contributed by atoms with E-state index in [-0.39, 0.29) is 20.4 Å². The van der Waals surface area contributed by atoms with Crippen molar-refractivity contribution in [1.29, 1.82) is 0 Å². The molecule has 0 radical (unpaired) electrons. The maximum atomic E-state index is 12.8. The van der Waals surface area contributed by atoms with Crippen LogP contribution in [0.2, 0.25) is 8.67 Å². The van der Waals surface area contributed by atoms with E-state index in [4.69, 9.17) is 23.2 Å². The van der Waals surface area contributed by atoms with Gasteiger partial charge in [0.15, 0.2) is 0 Å². The Morgan fingerprint density at radius 3 is 2.07 bits per heavy atom. The first-order chi connectivity index (χ1) is 13.8. The van der Waals surface area contributed by atoms with Crippen molar-refractivity contribution in [2.24, 2.45) is 0 Å². The number of hydrogen-bond acceptors (Lipinski definition) is 5. The summed E-state index contributed by atoms with van der Waals surface area (Å²) in [5.74, 6) is -1.19. The highest BCUT2D eigenvalue weighted by Gasteiger charge is 2.25. The standard InChI is InChI=1S/C18H19Cl2N3O4S2/c19-15-11-14(16(20)28-15)18(25)22-21-17(24)12-5-7-13(8-6-12)29(26,27)23-9-3-1-2-4-10-23/h5-8,11H,1-4,9-10H2,(H,21,24)(H,22,25). The highest BCUT2D eigenvalue weighted by Crippen LogP contribution is 2.30. The van der Waals surface area contributed by atoms with E-state index in [1.54, 1.807) is 0 Å². The molecule has 0 aliphatic carbocycles. The Bertz CT molecular complexity index is 999. The molecule has 1 aromatic heterocycles. The number of carbonyl (C=O) groups excluding carboxylic acids is 2. The molecule has 7 nitrogen and oxygen atoms in total. The smallest absolute Gasteiger partial charge is 0.267 e. The van der Waals surface area contributed by atoms with Crippen LogP contribution in [0.15, 0.2) is 35.2 Å². The average molecular weight is 476 g/mol. The summed E-state index contributed by atoms with van der Waals surface area (Å²) in [7, 11) is -3.59. The largest absolute Gasteiger partial charge is 0.272 e. The van der Waals surface area contributed by atoms with Crippen molar-refractivity contribution in [3.8, 4) is 0 Å². The quantitative estimate of drug-likeness (QED) is 0.658. The van der Waals surface area contributed by atoms with Crippen molar-refractivity contribution in [3.63, 3.8) is 0 Å². The summed E-state index contributed by atoms with van der Waals surface area (Å²) in [6.07, 6.45) is 3.75. The fraction of sp³-hybridized carbons (Fsp3) is 0.333. The van der Waals surface area contributed by atoms with Crippen molar-refractivity contribution in [2.75, 3.05) is 13.1 Å². The molecule has 0 atom stereocenters. The van der Waals surface area contributed by atoms with Gasteiger partial charge >= 0.3 is 0 Å². The molecule has 2 amide bonds. The highest BCUT2D eigenvalue weighted by molar-refractivity contribution is 7.89. The minimum atomic E-state index is -3.59. The zero-order valence-corrected chi connectivity index (χ0v) is 18.4. The first-order valence-electron chi connectivity index (χ1n) is 8.95. The molecule has 0 spiro atoms. The summed E-state index contributed by atoms with van der Waals surface area (Å²) in [4.78, 5) is 24.4. The number of thiophene rings is 1. The lowest BCUT2D eigenvalue weighted by atomic mass is 10.2. The number of amides is 2. The zero-order chi connectivity index (χ0) is 21.0. The van der Waals surface area contributed by atoms with Gasteiger partial charge in [-0.25, -0.2) is 8.42 Å². The summed E-state index contributed by atoms with van der Waals surface area (Å²) < 4.78 is 27.6. The lowest BCUT2D eigenvalue weighted by Crippen LogP contribution is -2.41. The number of halogens is 2. The first-order valence-corrected chi connectivity index (χ1v) is 12.0. The third-order valence-corrected chi connectivity index (χ3v) is 7.91. The lowest BCUT2D eigenvalue weighted by Gasteiger charge is -2.20. The SMILES string of the molecule is O=C(NNC(=O)c1cc(Cl)sc1Cl)c1ccc(S(=O)(=O)N2CCCCCC2)cc1. The number of sulfonamides is 1. The number of carbonyl (C=O) groups is 2. The molecule has 1 fully saturated rings. The summed E-state index contributed by atoms with van der Waals surface area (Å²) in [5.41, 5.74) is 4.88. The summed E-state index contributed by atoms with van der Waals surface area (Å²) >= 11 is 12.7. The fourth-order valence-electron chi connectivity index (χ4n) is 2.96. The van der Waals surface area contributed by atoms with Gasteiger partial charge in [-0.15, -0.1) is 11.3 Å². The lowest BCUT2D eigenvalue weighted by molar-refractivity contribution is 0.0847. The van der Waals surface area contributed by atoms with Gasteiger partial charge in [0.2, 0.25) is 10.0 Å². The van der Waals surface area contributed by atoms with Gasteiger partial charge in [0.05, 0.1) is 14.8 Å². The number of hydrazine groups is 1. The van der Waals surface area contributed by atoms with Gasteiger partial charge < -0.3 is 0 Å². The molecule has 156 valence electrons. The van der Waals surface area contributed by atoms with E-state index in [1.165, 1.54) is 34.6 Å². The summed E-state index contributed by atoms with van der Waals surface area (Å²) in [5, 5.41) is 0. The minimum Gasteiger partial charge on any atom is -0.267 e. The molecule has 29 heavy (non-hydrogen) atoms. The molecule has 0 saturated carbocycles. The predicted octanol–water partition coefficient (Wildman–Crippen LogP) is 3.69. The maximum Gasteiger partial charge on any atom is 0.272 e. The molecule has 1 aromatic carbocycles. The van der Waals surface area contributed by atoms with Crippen molar-refractivity contribution in [3.05, 3.63) is 50.1 Å². The van der Waals surface area contributed by atoms with Crippen LogP contribution in [0.5, 0.6) is 0 Å². The fourth-order valence-corrected chi connectivity index (χ4v) is 5.93. The van der Waals surface area contributed by atoms with Gasteiger partial charge in [0.1, 0.15) is 4.34 Å². The van der Waals surface area contributed by atoms with Crippen molar-refractivity contribution >= 4 is 56.4 Å². The summed E-state index contributed by atoms with van der Waals surface area (Å²) in [6.45, 7) is 1.01. The molecular formula is C18H19Cl2N3O4S2. The van der Waals surface area contributed by atoms with E-state index in [1.807, 2.05) is 0 Å². The Labute approximate surface area is 183 Å². The van der Waals surface area contributed by atoms with Crippen LogP contribution in [0.3, 0.4) is 0 Å². The molecule has 0 unspecified atom stereocenters. The van der Waals surface area contributed by atoms with Crippen molar-refractivity contribution in [1.82, 2.24) is 15.2 Å². The second kappa shape index (κ2) is 9.44. The van der Waals surface area contributed by atoms with E-state index < -0.39 is 21.8 Å². The van der Waals surface area contributed by atoms with E-state index >= 15 is 0 Å².